The SMILES string of the molecule is Cc1ccc(-c2ccccc2C(=O)Cc2ccc(N3CCC(C(C(=O)NCc4ccccc4)c4ccccc4)CC3)cc2)cc1. The minimum Gasteiger partial charge on any atom is -0.372 e. The van der Waals surface area contributed by atoms with Crippen molar-refractivity contribution in [3.63, 3.8) is 0 Å². The van der Waals surface area contributed by atoms with Crippen LogP contribution in [-0.4, -0.2) is 24.8 Å². The molecule has 226 valence electrons. The van der Waals surface area contributed by atoms with E-state index in [0.717, 1.165) is 65.0 Å². The minimum atomic E-state index is -0.173. The van der Waals surface area contributed by atoms with E-state index in [2.05, 4.69) is 77.8 Å². The molecule has 1 atom stereocenters. The maximum absolute atomic E-state index is 13.6. The number of amides is 1. The van der Waals surface area contributed by atoms with Gasteiger partial charge in [-0.2, -0.15) is 0 Å². The summed E-state index contributed by atoms with van der Waals surface area (Å²) in [5, 5.41) is 3.21. The van der Waals surface area contributed by atoms with Gasteiger partial charge in [0.2, 0.25) is 5.91 Å². The Kier molecular flexibility index (Phi) is 9.50. The third-order valence-corrected chi connectivity index (χ3v) is 9.02. The van der Waals surface area contributed by atoms with E-state index in [4.69, 9.17) is 0 Å². The molecule has 5 aromatic carbocycles. The van der Waals surface area contributed by atoms with Crippen LogP contribution in [0.2, 0.25) is 0 Å². The first kappa shape index (κ1) is 30.1. The first-order valence-electron chi connectivity index (χ1n) is 15.9. The molecule has 4 heteroatoms. The van der Waals surface area contributed by atoms with Crippen molar-refractivity contribution in [3.8, 4) is 11.1 Å². The van der Waals surface area contributed by atoms with E-state index in [1.807, 2.05) is 72.8 Å². The molecule has 1 heterocycles. The predicted octanol–water partition coefficient (Wildman–Crippen LogP) is 8.40. The van der Waals surface area contributed by atoms with Crippen molar-refractivity contribution in [2.75, 3.05) is 18.0 Å². The Bertz CT molecular complexity index is 1710. The highest BCUT2D eigenvalue weighted by atomic mass is 16.2. The quantitative estimate of drug-likeness (QED) is 0.166. The number of nitrogens with zero attached hydrogens (tertiary/aromatic N) is 1. The minimum absolute atomic E-state index is 0.0986. The zero-order valence-corrected chi connectivity index (χ0v) is 25.9. The molecule has 1 aliphatic heterocycles. The fourth-order valence-electron chi connectivity index (χ4n) is 6.50. The molecule has 0 aliphatic carbocycles. The summed E-state index contributed by atoms with van der Waals surface area (Å²) in [6.07, 6.45) is 2.24. The van der Waals surface area contributed by atoms with Crippen LogP contribution in [0, 0.1) is 12.8 Å². The van der Waals surface area contributed by atoms with Gasteiger partial charge in [0.25, 0.3) is 0 Å². The summed E-state index contributed by atoms with van der Waals surface area (Å²) in [5.74, 6) is 0.317. The van der Waals surface area contributed by atoms with Crippen molar-refractivity contribution in [2.24, 2.45) is 5.92 Å². The van der Waals surface area contributed by atoms with Crippen LogP contribution < -0.4 is 10.2 Å². The van der Waals surface area contributed by atoms with Crippen molar-refractivity contribution in [3.05, 3.63) is 161 Å². The number of aryl methyl sites for hydroxylation is 1. The van der Waals surface area contributed by atoms with Crippen molar-refractivity contribution in [1.82, 2.24) is 5.32 Å². The summed E-state index contributed by atoms with van der Waals surface area (Å²) < 4.78 is 0. The van der Waals surface area contributed by atoms with Crippen molar-refractivity contribution in [1.29, 1.82) is 0 Å². The van der Waals surface area contributed by atoms with Gasteiger partial charge in [-0.3, -0.25) is 9.59 Å². The summed E-state index contributed by atoms with van der Waals surface area (Å²) in [6, 6.07) is 44.9. The van der Waals surface area contributed by atoms with Gasteiger partial charge in [0, 0.05) is 37.3 Å². The number of hydrogen-bond acceptors (Lipinski definition) is 3. The normalized spacial score (nSPS) is 14.1. The number of benzene rings is 5. The van der Waals surface area contributed by atoms with E-state index in [1.165, 1.54) is 5.56 Å². The molecule has 0 spiro atoms. The number of rotatable bonds is 10. The Morgan fingerprint density at radius 3 is 2.02 bits per heavy atom. The highest BCUT2D eigenvalue weighted by molar-refractivity contribution is 6.03. The van der Waals surface area contributed by atoms with Crippen LogP contribution in [0.25, 0.3) is 11.1 Å². The van der Waals surface area contributed by atoms with Crippen LogP contribution in [0.5, 0.6) is 0 Å². The average molecular weight is 593 g/mol. The topological polar surface area (TPSA) is 49.4 Å². The lowest BCUT2D eigenvalue weighted by Gasteiger charge is -2.37. The molecule has 45 heavy (non-hydrogen) atoms. The Morgan fingerprint density at radius 1 is 0.711 bits per heavy atom. The number of carbonyl (C=O) groups excluding carboxylic acids is 2. The van der Waals surface area contributed by atoms with E-state index >= 15 is 0 Å². The lowest BCUT2D eigenvalue weighted by Crippen LogP contribution is -2.40. The fraction of sp³-hybridized carbons (Fsp3) is 0.220. The molecule has 0 aromatic heterocycles. The van der Waals surface area contributed by atoms with Gasteiger partial charge in [0.05, 0.1) is 5.92 Å². The Labute approximate surface area is 266 Å². The zero-order valence-electron chi connectivity index (χ0n) is 25.9. The Hall–Kier alpha value is -4.96. The number of ketones is 1. The molecule has 1 amide bonds. The van der Waals surface area contributed by atoms with Gasteiger partial charge < -0.3 is 10.2 Å². The smallest absolute Gasteiger partial charge is 0.228 e. The highest BCUT2D eigenvalue weighted by Crippen LogP contribution is 2.35. The summed E-state index contributed by atoms with van der Waals surface area (Å²) in [6.45, 7) is 4.39. The van der Waals surface area contributed by atoms with Gasteiger partial charge in [0.15, 0.2) is 5.78 Å². The number of piperidine rings is 1. The van der Waals surface area contributed by atoms with E-state index in [9.17, 15) is 9.59 Å². The number of Topliss-reactive ketones (excluding diaryl/α,β-unsaturated/α-hetero) is 1. The number of carbonyl (C=O) groups is 2. The van der Waals surface area contributed by atoms with Crippen LogP contribution >= 0.6 is 0 Å². The van der Waals surface area contributed by atoms with Gasteiger partial charge in [-0.1, -0.05) is 127 Å². The first-order chi connectivity index (χ1) is 22.0. The summed E-state index contributed by atoms with van der Waals surface area (Å²) in [4.78, 5) is 29.4. The van der Waals surface area contributed by atoms with E-state index in [-0.39, 0.29) is 23.5 Å². The van der Waals surface area contributed by atoms with E-state index in [0.29, 0.717) is 13.0 Å². The predicted molar refractivity (Wildman–Crippen MR) is 184 cm³/mol. The van der Waals surface area contributed by atoms with Gasteiger partial charge in [0.1, 0.15) is 0 Å². The van der Waals surface area contributed by atoms with E-state index in [1.54, 1.807) is 0 Å². The molecule has 1 unspecified atom stereocenters. The van der Waals surface area contributed by atoms with Crippen molar-refractivity contribution in [2.45, 2.75) is 38.6 Å². The molecule has 4 nitrogen and oxygen atoms in total. The Balaban J connectivity index is 1.09. The van der Waals surface area contributed by atoms with Gasteiger partial charge in [-0.15, -0.1) is 0 Å². The Morgan fingerprint density at radius 2 is 1.33 bits per heavy atom. The number of anilines is 1. The summed E-state index contributed by atoms with van der Waals surface area (Å²) in [5.41, 5.74) is 8.36. The standard InChI is InChI=1S/C41H40N2O2/c1-30-16-20-33(21-17-30)37-14-8-9-15-38(37)39(44)28-31-18-22-36(23-19-31)43-26-24-35(25-27-43)40(34-12-6-3-7-13-34)41(45)42-29-32-10-4-2-5-11-32/h2-23,35,40H,24-29H2,1H3,(H,42,45). The van der Waals surface area contributed by atoms with Crippen molar-refractivity contribution >= 4 is 17.4 Å². The van der Waals surface area contributed by atoms with E-state index < -0.39 is 0 Å². The molecule has 1 N–H and O–H groups in total. The molecule has 5 aromatic rings. The maximum Gasteiger partial charge on any atom is 0.228 e. The number of nitrogens with one attached hydrogen (secondary N) is 1. The lowest BCUT2D eigenvalue weighted by atomic mass is 9.79. The third-order valence-electron chi connectivity index (χ3n) is 9.02. The average Bonchev–Trinajstić information content (AvgIpc) is 3.09. The second-order valence-electron chi connectivity index (χ2n) is 12.1. The maximum atomic E-state index is 13.6. The molecule has 1 fully saturated rings. The van der Waals surface area contributed by atoms with Crippen LogP contribution in [0.15, 0.2) is 133 Å². The lowest BCUT2D eigenvalue weighted by molar-refractivity contribution is -0.124. The second-order valence-corrected chi connectivity index (χ2v) is 12.1. The molecular weight excluding hydrogens is 552 g/mol. The molecular formula is C41H40N2O2. The third kappa shape index (κ3) is 7.41. The number of hydrogen-bond donors (Lipinski definition) is 1. The van der Waals surface area contributed by atoms with Gasteiger partial charge in [-0.05, 0) is 65.6 Å². The van der Waals surface area contributed by atoms with Gasteiger partial charge >= 0.3 is 0 Å². The molecule has 0 bridgehead atoms. The van der Waals surface area contributed by atoms with Crippen LogP contribution in [0.3, 0.4) is 0 Å². The van der Waals surface area contributed by atoms with Gasteiger partial charge in [-0.25, -0.2) is 0 Å². The molecule has 1 aliphatic rings. The van der Waals surface area contributed by atoms with Crippen LogP contribution in [0.4, 0.5) is 5.69 Å². The molecule has 0 saturated carbocycles. The molecule has 0 radical (unpaired) electrons. The van der Waals surface area contributed by atoms with Crippen molar-refractivity contribution < 1.29 is 9.59 Å². The monoisotopic (exact) mass is 592 g/mol. The fourth-order valence-corrected chi connectivity index (χ4v) is 6.50. The highest BCUT2D eigenvalue weighted by Gasteiger charge is 2.32. The summed E-state index contributed by atoms with van der Waals surface area (Å²) in [7, 11) is 0. The summed E-state index contributed by atoms with van der Waals surface area (Å²) >= 11 is 0. The molecule has 6 rings (SSSR count). The van der Waals surface area contributed by atoms with Crippen LogP contribution in [0.1, 0.15) is 51.4 Å². The largest absolute Gasteiger partial charge is 0.372 e. The zero-order chi connectivity index (χ0) is 31.0. The molecule has 1 saturated heterocycles. The second kappa shape index (κ2) is 14.2. The first-order valence-corrected chi connectivity index (χ1v) is 15.9. The van der Waals surface area contributed by atoms with Crippen LogP contribution in [-0.2, 0) is 17.8 Å².